The highest BCUT2D eigenvalue weighted by molar-refractivity contribution is 7.89. The van der Waals surface area contributed by atoms with Gasteiger partial charge in [0.05, 0.1) is 17.1 Å². The largest absolute Gasteiger partial charge is 0.371 e. The molecule has 0 bridgehead atoms. The van der Waals surface area contributed by atoms with Crippen LogP contribution in [0.3, 0.4) is 0 Å². The summed E-state index contributed by atoms with van der Waals surface area (Å²) in [5.41, 5.74) is 1.77. The quantitative estimate of drug-likeness (QED) is 0.687. The van der Waals surface area contributed by atoms with Crippen molar-refractivity contribution in [3.63, 3.8) is 0 Å². The first-order valence-corrected chi connectivity index (χ1v) is 12.5. The van der Waals surface area contributed by atoms with Crippen LogP contribution in [0.4, 0.5) is 9.18 Å². The molecule has 0 aliphatic carbocycles. The van der Waals surface area contributed by atoms with Crippen LogP contribution in [0.25, 0.3) is 0 Å². The molecule has 0 unspecified atom stereocenters. The van der Waals surface area contributed by atoms with E-state index in [9.17, 15) is 17.6 Å². The van der Waals surface area contributed by atoms with Crippen LogP contribution in [0.5, 0.6) is 0 Å². The number of hydrogen-bond acceptors (Lipinski definition) is 4. The standard InChI is InChI=1S/C24H32FN3O4S/c1-24(2,3)32-18-20-7-4-6-19(16-20)17-26-23(29)27-12-5-13-28(15-14-27)33(30,31)22-10-8-21(25)9-11-22/h4,6-11,16H,5,12-15,17-18H2,1-3H3,(H,26,29). The van der Waals surface area contributed by atoms with Gasteiger partial charge in [0, 0.05) is 32.7 Å². The van der Waals surface area contributed by atoms with Crippen molar-refractivity contribution in [2.24, 2.45) is 0 Å². The molecule has 2 aromatic carbocycles. The van der Waals surface area contributed by atoms with Crippen LogP contribution in [0, 0.1) is 5.82 Å². The number of amides is 2. The molecule has 3 rings (SSSR count). The van der Waals surface area contributed by atoms with Gasteiger partial charge in [0.1, 0.15) is 5.82 Å². The summed E-state index contributed by atoms with van der Waals surface area (Å²) in [7, 11) is -3.73. The molecular weight excluding hydrogens is 445 g/mol. The average molecular weight is 478 g/mol. The maximum absolute atomic E-state index is 13.2. The molecule has 0 radical (unpaired) electrons. The van der Waals surface area contributed by atoms with Gasteiger partial charge in [-0.2, -0.15) is 4.31 Å². The van der Waals surface area contributed by atoms with E-state index >= 15 is 0 Å². The van der Waals surface area contributed by atoms with E-state index in [1.165, 1.54) is 16.4 Å². The predicted molar refractivity (Wildman–Crippen MR) is 125 cm³/mol. The van der Waals surface area contributed by atoms with Crippen molar-refractivity contribution in [1.82, 2.24) is 14.5 Å². The van der Waals surface area contributed by atoms with Crippen LogP contribution in [0.15, 0.2) is 53.4 Å². The molecular formula is C24H32FN3O4S. The van der Waals surface area contributed by atoms with E-state index in [-0.39, 0.29) is 29.6 Å². The SMILES string of the molecule is CC(C)(C)OCc1cccc(CNC(=O)N2CCCN(S(=O)(=O)c3ccc(F)cc3)CC2)c1. The summed E-state index contributed by atoms with van der Waals surface area (Å²) in [5.74, 6) is -0.486. The van der Waals surface area contributed by atoms with Gasteiger partial charge >= 0.3 is 6.03 Å². The summed E-state index contributed by atoms with van der Waals surface area (Å²) in [4.78, 5) is 14.4. The average Bonchev–Trinajstić information content (AvgIpc) is 3.03. The lowest BCUT2D eigenvalue weighted by Gasteiger charge is -2.22. The first-order valence-electron chi connectivity index (χ1n) is 11.0. The molecule has 0 aromatic heterocycles. The van der Waals surface area contributed by atoms with Crippen molar-refractivity contribution < 1.29 is 22.3 Å². The highest BCUT2D eigenvalue weighted by Crippen LogP contribution is 2.18. The maximum atomic E-state index is 13.2. The summed E-state index contributed by atoms with van der Waals surface area (Å²) in [6.45, 7) is 8.11. The second-order valence-corrected chi connectivity index (χ2v) is 11.0. The first kappa shape index (κ1) is 25.1. The van der Waals surface area contributed by atoms with Crippen molar-refractivity contribution in [1.29, 1.82) is 0 Å². The molecule has 1 saturated heterocycles. The second-order valence-electron chi connectivity index (χ2n) is 9.08. The monoisotopic (exact) mass is 477 g/mol. The fourth-order valence-corrected chi connectivity index (χ4v) is 4.98. The third-order valence-electron chi connectivity index (χ3n) is 5.30. The van der Waals surface area contributed by atoms with Crippen LogP contribution in [-0.2, 0) is 27.9 Å². The fraction of sp³-hybridized carbons (Fsp3) is 0.458. The van der Waals surface area contributed by atoms with Crippen molar-refractivity contribution in [3.8, 4) is 0 Å². The minimum absolute atomic E-state index is 0.0529. The number of carbonyl (C=O) groups excluding carboxylic acids is 1. The van der Waals surface area contributed by atoms with E-state index in [4.69, 9.17) is 4.74 Å². The molecule has 1 N–H and O–H groups in total. The number of halogens is 1. The Morgan fingerprint density at radius 3 is 2.42 bits per heavy atom. The Hall–Kier alpha value is -2.49. The number of sulfonamides is 1. The van der Waals surface area contributed by atoms with Gasteiger partial charge in [0.2, 0.25) is 10.0 Å². The third kappa shape index (κ3) is 7.25. The Morgan fingerprint density at radius 2 is 1.73 bits per heavy atom. The Kier molecular flexibility index (Phi) is 8.10. The summed E-state index contributed by atoms with van der Waals surface area (Å²) in [5, 5.41) is 2.92. The Bertz CT molecular complexity index is 1050. The number of ether oxygens (including phenoxy) is 1. The topological polar surface area (TPSA) is 79.0 Å². The molecule has 9 heteroatoms. The predicted octanol–water partition coefficient (Wildman–Crippen LogP) is 3.75. The molecule has 0 atom stereocenters. The lowest BCUT2D eigenvalue weighted by atomic mass is 10.1. The van der Waals surface area contributed by atoms with Crippen molar-refractivity contribution in [3.05, 3.63) is 65.5 Å². The Balaban J connectivity index is 1.54. The molecule has 1 aliphatic rings. The lowest BCUT2D eigenvalue weighted by molar-refractivity contribution is -0.0149. The smallest absolute Gasteiger partial charge is 0.317 e. The molecule has 2 amide bonds. The Morgan fingerprint density at radius 1 is 1.03 bits per heavy atom. The van der Waals surface area contributed by atoms with Gasteiger partial charge in [-0.05, 0) is 62.6 Å². The minimum Gasteiger partial charge on any atom is -0.371 e. The number of carbonyl (C=O) groups is 1. The van der Waals surface area contributed by atoms with E-state index in [1.807, 2.05) is 45.0 Å². The number of hydrogen-bond donors (Lipinski definition) is 1. The molecule has 33 heavy (non-hydrogen) atoms. The molecule has 1 aliphatic heterocycles. The summed E-state index contributed by atoms with van der Waals surface area (Å²) < 4.78 is 46.0. The number of nitrogens with one attached hydrogen (secondary N) is 1. The fourth-order valence-electron chi connectivity index (χ4n) is 3.51. The zero-order chi connectivity index (χ0) is 24.1. The zero-order valence-corrected chi connectivity index (χ0v) is 20.2. The Labute approximate surface area is 195 Å². The molecule has 1 heterocycles. The van der Waals surface area contributed by atoms with Gasteiger partial charge in [0.25, 0.3) is 0 Å². The lowest BCUT2D eigenvalue weighted by Crippen LogP contribution is -2.42. The maximum Gasteiger partial charge on any atom is 0.317 e. The van der Waals surface area contributed by atoms with Gasteiger partial charge < -0.3 is 15.0 Å². The molecule has 180 valence electrons. The van der Waals surface area contributed by atoms with Crippen LogP contribution in [-0.4, -0.2) is 55.4 Å². The number of benzene rings is 2. The summed E-state index contributed by atoms with van der Waals surface area (Å²) in [6, 6.07) is 12.4. The highest BCUT2D eigenvalue weighted by Gasteiger charge is 2.28. The van der Waals surface area contributed by atoms with Gasteiger partial charge in [-0.1, -0.05) is 24.3 Å². The molecule has 0 spiro atoms. The van der Waals surface area contributed by atoms with Crippen LogP contribution in [0.1, 0.15) is 38.3 Å². The van der Waals surface area contributed by atoms with Gasteiger partial charge in [0.15, 0.2) is 0 Å². The van der Waals surface area contributed by atoms with Crippen LogP contribution >= 0.6 is 0 Å². The van der Waals surface area contributed by atoms with Crippen molar-refractivity contribution >= 4 is 16.1 Å². The van der Waals surface area contributed by atoms with E-state index < -0.39 is 15.8 Å². The van der Waals surface area contributed by atoms with Gasteiger partial charge in [-0.25, -0.2) is 17.6 Å². The zero-order valence-electron chi connectivity index (χ0n) is 19.4. The number of urea groups is 1. The first-order chi connectivity index (χ1) is 15.5. The number of nitrogens with zero attached hydrogens (tertiary/aromatic N) is 2. The summed E-state index contributed by atoms with van der Waals surface area (Å²) >= 11 is 0. The van der Waals surface area contributed by atoms with Crippen LogP contribution in [0.2, 0.25) is 0 Å². The van der Waals surface area contributed by atoms with Gasteiger partial charge in [-0.3, -0.25) is 0 Å². The number of rotatable bonds is 6. The second kappa shape index (κ2) is 10.6. The molecule has 2 aromatic rings. The molecule has 1 fully saturated rings. The highest BCUT2D eigenvalue weighted by atomic mass is 32.2. The van der Waals surface area contributed by atoms with E-state index in [2.05, 4.69) is 5.32 Å². The minimum atomic E-state index is -3.73. The van der Waals surface area contributed by atoms with Crippen molar-refractivity contribution in [2.75, 3.05) is 26.2 Å². The molecule has 7 nitrogen and oxygen atoms in total. The van der Waals surface area contributed by atoms with E-state index in [1.54, 1.807) is 4.90 Å². The van der Waals surface area contributed by atoms with Gasteiger partial charge in [-0.15, -0.1) is 0 Å². The van der Waals surface area contributed by atoms with E-state index in [0.717, 1.165) is 23.3 Å². The van der Waals surface area contributed by atoms with E-state index in [0.29, 0.717) is 32.7 Å². The van der Waals surface area contributed by atoms with Crippen molar-refractivity contribution in [2.45, 2.75) is 50.8 Å². The third-order valence-corrected chi connectivity index (χ3v) is 7.21. The summed E-state index contributed by atoms with van der Waals surface area (Å²) in [6.07, 6.45) is 0.521. The van der Waals surface area contributed by atoms with Crippen LogP contribution < -0.4 is 5.32 Å². The normalized spacial score (nSPS) is 15.8. The molecule has 0 saturated carbocycles.